The van der Waals surface area contributed by atoms with Crippen molar-refractivity contribution in [2.45, 2.75) is 264 Å². The van der Waals surface area contributed by atoms with E-state index >= 15 is 0 Å². The number of rotatable bonds is 46. The molecular formula is C54H96O6. The van der Waals surface area contributed by atoms with Gasteiger partial charge in [-0.25, -0.2) is 0 Å². The second-order valence-corrected chi connectivity index (χ2v) is 17.1. The molecule has 0 spiro atoms. The standard InChI is InChI=1S/C54H96O6/c1-4-7-10-13-16-19-21-23-24-25-26-27-28-29-30-32-33-35-38-41-44-47-53(56)59-50-51(49-58-52(55)46-43-40-37-18-15-12-9-6-3)60-54(57)48-45-42-39-36-34-31-22-20-17-14-11-8-5-2/h20-23,25-26,28-29,51H,4-19,24,27,30-50H2,1-3H3/b22-20-,23-21-,26-25-,29-28-. The fourth-order valence-corrected chi connectivity index (χ4v) is 7.15. The van der Waals surface area contributed by atoms with E-state index in [1.54, 1.807) is 0 Å². The van der Waals surface area contributed by atoms with Crippen molar-refractivity contribution >= 4 is 17.9 Å². The molecule has 0 aliphatic heterocycles. The maximum atomic E-state index is 12.7. The van der Waals surface area contributed by atoms with Gasteiger partial charge in [0.15, 0.2) is 6.10 Å². The van der Waals surface area contributed by atoms with Crippen molar-refractivity contribution in [2.24, 2.45) is 0 Å². The predicted octanol–water partition coefficient (Wildman–Crippen LogP) is 16.7. The van der Waals surface area contributed by atoms with Crippen molar-refractivity contribution in [3.05, 3.63) is 48.6 Å². The van der Waals surface area contributed by atoms with Gasteiger partial charge in [0.2, 0.25) is 0 Å². The first-order valence-corrected chi connectivity index (χ1v) is 25.6. The first-order valence-electron chi connectivity index (χ1n) is 25.6. The molecule has 0 heterocycles. The number of ether oxygens (including phenoxy) is 3. The Morgan fingerprint density at radius 2 is 0.600 bits per heavy atom. The van der Waals surface area contributed by atoms with E-state index in [1.165, 1.54) is 128 Å². The fourth-order valence-electron chi connectivity index (χ4n) is 7.15. The van der Waals surface area contributed by atoms with E-state index in [0.29, 0.717) is 19.3 Å². The van der Waals surface area contributed by atoms with Crippen molar-refractivity contribution in [1.82, 2.24) is 0 Å². The van der Waals surface area contributed by atoms with Gasteiger partial charge in [0.05, 0.1) is 0 Å². The number of hydrogen-bond acceptors (Lipinski definition) is 6. The molecule has 0 fully saturated rings. The Hall–Kier alpha value is -2.63. The number of carbonyl (C=O) groups excluding carboxylic acids is 3. The summed E-state index contributed by atoms with van der Waals surface area (Å²) >= 11 is 0. The minimum atomic E-state index is -0.778. The molecule has 6 heteroatoms. The van der Waals surface area contributed by atoms with Crippen LogP contribution in [0.4, 0.5) is 0 Å². The van der Waals surface area contributed by atoms with Crippen LogP contribution in [0.3, 0.4) is 0 Å². The summed E-state index contributed by atoms with van der Waals surface area (Å²) in [5.41, 5.74) is 0. The third-order valence-electron chi connectivity index (χ3n) is 11.1. The molecule has 1 atom stereocenters. The second-order valence-electron chi connectivity index (χ2n) is 17.1. The highest BCUT2D eigenvalue weighted by Crippen LogP contribution is 2.14. The third-order valence-corrected chi connectivity index (χ3v) is 11.1. The first kappa shape index (κ1) is 57.4. The second kappa shape index (κ2) is 49.0. The molecule has 0 bridgehead atoms. The summed E-state index contributed by atoms with van der Waals surface area (Å²) in [6.45, 7) is 6.57. The van der Waals surface area contributed by atoms with E-state index in [2.05, 4.69) is 69.4 Å². The summed E-state index contributed by atoms with van der Waals surface area (Å²) < 4.78 is 16.7. The van der Waals surface area contributed by atoms with Gasteiger partial charge in [0.25, 0.3) is 0 Å². The lowest BCUT2D eigenvalue weighted by Crippen LogP contribution is -2.30. The van der Waals surface area contributed by atoms with Crippen molar-refractivity contribution in [3.8, 4) is 0 Å². The smallest absolute Gasteiger partial charge is 0.306 e. The number of carbonyl (C=O) groups is 3. The van der Waals surface area contributed by atoms with Gasteiger partial charge in [-0.05, 0) is 83.5 Å². The maximum Gasteiger partial charge on any atom is 0.306 e. The van der Waals surface area contributed by atoms with Crippen LogP contribution in [0.5, 0.6) is 0 Å². The Kier molecular flexibility index (Phi) is 46.9. The Labute approximate surface area is 371 Å². The van der Waals surface area contributed by atoms with E-state index in [-0.39, 0.29) is 31.1 Å². The van der Waals surface area contributed by atoms with E-state index in [4.69, 9.17) is 14.2 Å². The molecule has 0 aliphatic carbocycles. The van der Waals surface area contributed by atoms with E-state index in [9.17, 15) is 14.4 Å². The molecule has 1 unspecified atom stereocenters. The van der Waals surface area contributed by atoms with Gasteiger partial charge in [0, 0.05) is 19.3 Å². The zero-order valence-corrected chi connectivity index (χ0v) is 39.7. The summed E-state index contributed by atoms with van der Waals surface area (Å²) in [5.74, 6) is -0.901. The highest BCUT2D eigenvalue weighted by molar-refractivity contribution is 5.71. The molecule has 0 saturated carbocycles. The Morgan fingerprint density at radius 1 is 0.333 bits per heavy atom. The number of esters is 3. The molecule has 0 amide bonds. The van der Waals surface area contributed by atoms with Crippen LogP contribution < -0.4 is 0 Å². The van der Waals surface area contributed by atoms with Gasteiger partial charge in [0.1, 0.15) is 13.2 Å². The maximum absolute atomic E-state index is 12.7. The zero-order valence-electron chi connectivity index (χ0n) is 39.7. The molecule has 0 radical (unpaired) electrons. The zero-order chi connectivity index (χ0) is 43.7. The molecule has 60 heavy (non-hydrogen) atoms. The Bertz CT molecular complexity index is 1060. The quantitative estimate of drug-likeness (QED) is 0.0263. The van der Waals surface area contributed by atoms with Gasteiger partial charge in [-0.15, -0.1) is 0 Å². The average Bonchev–Trinajstić information content (AvgIpc) is 3.24. The molecule has 0 rings (SSSR count). The molecule has 0 aromatic rings. The predicted molar refractivity (Wildman–Crippen MR) is 256 cm³/mol. The average molecular weight is 841 g/mol. The lowest BCUT2D eigenvalue weighted by molar-refractivity contribution is -0.167. The SMILES string of the molecule is CCCCCC/C=C\CCCCCCCC(=O)OC(COC(=O)CCCCCCCC/C=C\C/C=C\C/C=C\CCCCCCC)COC(=O)CCCCCCCCCC. The molecular weight excluding hydrogens is 745 g/mol. The lowest BCUT2D eigenvalue weighted by atomic mass is 10.1. The third kappa shape index (κ3) is 46.4. The van der Waals surface area contributed by atoms with Gasteiger partial charge in [-0.1, -0.05) is 204 Å². The first-order chi connectivity index (χ1) is 29.5. The van der Waals surface area contributed by atoms with Crippen LogP contribution in [-0.2, 0) is 28.6 Å². The summed E-state index contributed by atoms with van der Waals surface area (Å²) in [7, 11) is 0. The van der Waals surface area contributed by atoms with Crippen molar-refractivity contribution in [1.29, 1.82) is 0 Å². The van der Waals surface area contributed by atoms with Crippen molar-refractivity contribution in [3.63, 3.8) is 0 Å². The highest BCUT2D eigenvalue weighted by Gasteiger charge is 2.19. The van der Waals surface area contributed by atoms with Gasteiger partial charge in [-0.2, -0.15) is 0 Å². The van der Waals surface area contributed by atoms with Crippen LogP contribution >= 0.6 is 0 Å². The summed E-state index contributed by atoms with van der Waals surface area (Å²) in [6.07, 6.45) is 58.2. The number of unbranched alkanes of at least 4 members (excludes halogenated alkanes) is 27. The highest BCUT2D eigenvalue weighted by atomic mass is 16.6. The minimum Gasteiger partial charge on any atom is -0.462 e. The summed E-state index contributed by atoms with van der Waals surface area (Å²) in [5, 5.41) is 0. The monoisotopic (exact) mass is 841 g/mol. The Morgan fingerprint density at radius 3 is 0.967 bits per heavy atom. The summed E-state index contributed by atoms with van der Waals surface area (Å²) in [6, 6.07) is 0. The molecule has 0 N–H and O–H groups in total. The van der Waals surface area contributed by atoms with Crippen LogP contribution in [0.1, 0.15) is 258 Å². The molecule has 348 valence electrons. The van der Waals surface area contributed by atoms with Gasteiger partial charge >= 0.3 is 17.9 Å². The topological polar surface area (TPSA) is 78.9 Å². The van der Waals surface area contributed by atoms with Gasteiger partial charge < -0.3 is 14.2 Å². The van der Waals surface area contributed by atoms with Gasteiger partial charge in [-0.3, -0.25) is 14.4 Å². The number of hydrogen-bond donors (Lipinski definition) is 0. The Balaban J connectivity index is 4.28. The van der Waals surface area contributed by atoms with E-state index < -0.39 is 6.10 Å². The summed E-state index contributed by atoms with van der Waals surface area (Å²) in [4.78, 5) is 37.8. The van der Waals surface area contributed by atoms with E-state index in [0.717, 1.165) is 89.9 Å². The van der Waals surface area contributed by atoms with Crippen LogP contribution in [0, 0.1) is 0 Å². The molecule has 0 aromatic carbocycles. The lowest BCUT2D eigenvalue weighted by Gasteiger charge is -2.18. The van der Waals surface area contributed by atoms with Crippen LogP contribution in [0.15, 0.2) is 48.6 Å². The van der Waals surface area contributed by atoms with Crippen molar-refractivity contribution in [2.75, 3.05) is 13.2 Å². The molecule has 0 aliphatic rings. The molecule has 6 nitrogen and oxygen atoms in total. The number of allylic oxidation sites excluding steroid dienone is 8. The fraction of sp³-hybridized carbons (Fsp3) is 0.796. The van der Waals surface area contributed by atoms with Crippen LogP contribution in [-0.4, -0.2) is 37.2 Å². The normalized spacial score (nSPS) is 12.4. The van der Waals surface area contributed by atoms with E-state index in [1.807, 2.05) is 0 Å². The molecule has 0 saturated heterocycles. The van der Waals surface area contributed by atoms with Crippen LogP contribution in [0.25, 0.3) is 0 Å². The molecule has 0 aromatic heterocycles. The van der Waals surface area contributed by atoms with Crippen LogP contribution in [0.2, 0.25) is 0 Å². The van der Waals surface area contributed by atoms with Crippen molar-refractivity contribution < 1.29 is 28.6 Å². The largest absolute Gasteiger partial charge is 0.462 e. The minimum absolute atomic E-state index is 0.0795.